The number of carbonyl (C=O) groups excluding carboxylic acids is 1. The van der Waals surface area contributed by atoms with Crippen LogP contribution in [0.4, 0.5) is 20.4 Å². The highest BCUT2D eigenvalue weighted by atomic mass is 19.1. The van der Waals surface area contributed by atoms with E-state index in [4.69, 9.17) is 4.74 Å². The van der Waals surface area contributed by atoms with Gasteiger partial charge in [0, 0.05) is 30.0 Å². The number of pyridine rings is 1. The molecule has 2 aromatic carbocycles. The van der Waals surface area contributed by atoms with Crippen LogP contribution in [0.5, 0.6) is 5.88 Å². The number of halogens is 2. The van der Waals surface area contributed by atoms with Gasteiger partial charge >= 0.3 is 5.56 Å². The highest BCUT2D eigenvalue weighted by Crippen LogP contribution is 2.35. The summed E-state index contributed by atoms with van der Waals surface area (Å²) in [4.78, 5) is 39.5. The van der Waals surface area contributed by atoms with Crippen LogP contribution >= 0.6 is 0 Å². The molecule has 2 aliphatic rings. The number of benzene rings is 2. The van der Waals surface area contributed by atoms with Gasteiger partial charge in [0.2, 0.25) is 17.6 Å². The zero-order valence-electron chi connectivity index (χ0n) is 22.1. The molecule has 0 saturated heterocycles. The molecule has 42 heavy (non-hydrogen) atoms. The number of aromatic nitrogens is 5. The van der Waals surface area contributed by atoms with Gasteiger partial charge in [0.25, 0.3) is 5.91 Å². The molecule has 3 aromatic heterocycles. The van der Waals surface area contributed by atoms with E-state index in [0.29, 0.717) is 36.3 Å². The number of hydrogen-bond donors (Lipinski definition) is 2. The Labute approximate surface area is 237 Å². The van der Waals surface area contributed by atoms with Crippen molar-refractivity contribution in [2.75, 3.05) is 17.2 Å². The van der Waals surface area contributed by atoms with Crippen molar-refractivity contribution in [2.24, 2.45) is 0 Å². The Bertz CT molecular complexity index is 1930. The Hall–Kier alpha value is -5.26. The number of fused-ring (bicyclic) bond motifs is 2. The zero-order valence-corrected chi connectivity index (χ0v) is 22.1. The second kappa shape index (κ2) is 10.3. The first-order chi connectivity index (χ1) is 20.5. The topological polar surface area (TPSA) is 124 Å². The van der Waals surface area contributed by atoms with E-state index in [1.54, 1.807) is 36.4 Å². The molecule has 7 rings (SSSR count). The van der Waals surface area contributed by atoms with E-state index >= 15 is 4.39 Å². The van der Waals surface area contributed by atoms with Gasteiger partial charge < -0.3 is 15.4 Å². The van der Waals surface area contributed by atoms with E-state index in [1.807, 2.05) is 6.07 Å². The van der Waals surface area contributed by atoms with Gasteiger partial charge in [-0.1, -0.05) is 42.5 Å². The monoisotopic (exact) mass is 567 g/mol. The largest absolute Gasteiger partial charge is 0.477 e. The molecule has 5 aromatic rings. The van der Waals surface area contributed by atoms with Crippen LogP contribution in [0.3, 0.4) is 0 Å². The maximum absolute atomic E-state index is 15.3. The molecule has 1 aliphatic carbocycles. The molecule has 0 spiro atoms. The van der Waals surface area contributed by atoms with Crippen LogP contribution in [0.25, 0.3) is 33.4 Å². The first-order valence-corrected chi connectivity index (χ1v) is 13.5. The highest BCUT2D eigenvalue weighted by Gasteiger charge is 2.31. The molecule has 12 heteroatoms. The summed E-state index contributed by atoms with van der Waals surface area (Å²) in [6, 6.07) is 16.5. The molecule has 1 aliphatic heterocycles. The molecule has 2 N–H and O–H groups in total. The number of hydrogen-bond acceptors (Lipinski definition) is 8. The van der Waals surface area contributed by atoms with Gasteiger partial charge in [-0.3, -0.25) is 9.59 Å². The van der Waals surface area contributed by atoms with Crippen molar-refractivity contribution in [1.82, 2.24) is 24.7 Å². The Balaban J connectivity index is 1.34. The molecule has 0 unspecified atom stereocenters. The summed E-state index contributed by atoms with van der Waals surface area (Å²) in [6.45, 7) is 0.772. The lowest BCUT2D eigenvalue weighted by atomic mass is 10.1. The van der Waals surface area contributed by atoms with Gasteiger partial charge in [-0.05, 0) is 31.0 Å². The number of rotatable bonds is 6. The fourth-order valence-corrected chi connectivity index (χ4v) is 4.91. The fourth-order valence-electron chi connectivity index (χ4n) is 4.91. The molecule has 210 valence electrons. The minimum Gasteiger partial charge on any atom is -0.477 e. The van der Waals surface area contributed by atoms with E-state index in [1.165, 1.54) is 22.9 Å². The van der Waals surface area contributed by atoms with E-state index < -0.39 is 29.0 Å². The molecule has 1 amide bonds. The maximum Gasteiger partial charge on any atom is 0.313 e. The molecule has 0 atom stereocenters. The number of nitrogens with zero attached hydrogens (tertiary/aromatic N) is 5. The first-order valence-electron chi connectivity index (χ1n) is 13.5. The van der Waals surface area contributed by atoms with Crippen molar-refractivity contribution < 1.29 is 18.3 Å². The van der Waals surface area contributed by atoms with Crippen LogP contribution in [0.15, 0.2) is 65.5 Å². The Kier molecular flexibility index (Phi) is 6.30. The predicted molar refractivity (Wildman–Crippen MR) is 151 cm³/mol. The second-order valence-electron chi connectivity index (χ2n) is 10.1. The molecular formula is C30H23F2N7O3. The van der Waals surface area contributed by atoms with Crippen LogP contribution in [0.2, 0.25) is 0 Å². The van der Waals surface area contributed by atoms with Gasteiger partial charge in [-0.15, -0.1) is 0 Å². The second-order valence-corrected chi connectivity index (χ2v) is 10.1. The van der Waals surface area contributed by atoms with Crippen LogP contribution in [0, 0.1) is 11.8 Å². The lowest BCUT2D eigenvalue weighted by molar-refractivity contribution is 0.102. The third-order valence-corrected chi connectivity index (χ3v) is 7.08. The number of nitrogens with one attached hydrogen (secondary N) is 2. The fraction of sp³-hybridized carbons (Fsp3) is 0.200. The molecule has 0 radical (unpaired) electrons. The van der Waals surface area contributed by atoms with Crippen LogP contribution in [-0.4, -0.2) is 43.3 Å². The summed E-state index contributed by atoms with van der Waals surface area (Å²) in [7, 11) is 0. The molecular weight excluding hydrogens is 544 g/mol. The van der Waals surface area contributed by atoms with Gasteiger partial charge in [0.05, 0.1) is 17.9 Å². The third kappa shape index (κ3) is 4.70. The summed E-state index contributed by atoms with van der Waals surface area (Å²) >= 11 is 0. The van der Waals surface area contributed by atoms with Crippen LogP contribution in [-0.2, 0) is 6.54 Å². The number of para-hydroxylation sites is 1. The van der Waals surface area contributed by atoms with Crippen LogP contribution in [0.1, 0.15) is 29.6 Å². The minimum absolute atomic E-state index is 0.00294. The molecule has 1 saturated carbocycles. The van der Waals surface area contributed by atoms with Crippen molar-refractivity contribution in [3.63, 3.8) is 0 Å². The summed E-state index contributed by atoms with van der Waals surface area (Å²) in [5.41, 5.74) is -0.382. The van der Waals surface area contributed by atoms with Gasteiger partial charge in [-0.2, -0.15) is 9.49 Å². The average Bonchev–Trinajstić information content (AvgIpc) is 3.75. The Morgan fingerprint density at radius 2 is 1.79 bits per heavy atom. The first kappa shape index (κ1) is 25.7. The standard InChI is InChI=1S/C30H23F2N7O3/c31-20-9-4-8-18-23(16-6-2-1-3-7-16)35-27(29(41)36-24(18)20)37-28(40)22-25(38-39-14-5-15-42-30(22)39)19-12-13-21(34-26(19)32)33-17-10-11-17/h1-4,6-9,12-13,17H,5,10-11,14-15H2,(H,33,34)(H,35,36,37,40,41). The highest BCUT2D eigenvalue weighted by molar-refractivity contribution is 6.10. The van der Waals surface area contributed by atoms with Gasteiger partial charge in [0.15, 0.2) is 0 Å². The normalized spacial score (nSPS) is 14.2. The van der Waals surface area contributed by atoms with Gasteiger partial charge in [-0.25, -0.2) is 24.0 Å². The zero-order chi connectivity index (χ0) is 28.8. The summed E-state index contributed by atoms with van der Waals surface area (Å²) in [6.07, 6.45) is 2.64. The predicted octanol–water partition coefficient (Wildman–Crippen LogP) is 4.80. The number of aryl methyl sites for hydroxylation is 1. The Morgan fingerprint density at radius 1 is 0.952 bits per heavy atom. The lowest BCUT2D eigenvalue weighted by Gasteiger charge is -2.15. The number of carbonyl (C=O) groups is 1. The average molecular weight is 568 g/mol. The van der Waals surface area contributed by atoms with E-state index in [9.17, 15) is 14.0 Å². The van der Waals surface area contributed by atoms with E-state index in [2.05, 4.69) is 30.7 Å². The maximum atomic E-state index is 15.3. The smallest absolute Gasteiger partial charge is 0.313 e. The third-order valence-electron chi connectivity index (χ3n) is 7.08. The number of amides is 1. The summed E-state index contributed by atoms with van der Waals surface area (Å²) < 4.78 is 37.4. The molecule has 4 heterocycles. The lowest BCUT2D eigenvalue weighted by Crippen LogP contribution is -2.22. The van der Waals surface area contributed by atoms with Crippen molar-refractivity contribution >= 4 is 28.4 Å². The summed E-state index contributed by atoms with van der Waals surface area (Å²) in [5.74, 6) is -2.24. The number of anilines is 2. The van der Waals surface area contributed by atoms with Crippen molar-refractivity contribution in [3.05, 3.63) is 88.3 Å². The van der Waals surface area contributed by atoms with Crippen LogP contribution < -0.4 is 20.9 Å². The van der Waals surface area contributed by atoms with Crippen molar-refractivity contribution in [1.29, 1.82) is 0 Å². The van der Waals surface area contributed by atoms with E-state index in [0.717, 1.165) is 12.8 Å². The van der Waals surface area contributed by atoms with E-state index in [-0.39, 0.29) is 40.0 Å². The molecule has 1 fully saturated rings. The summed E-state index contributed by atoms with van der Waals surface area (Å²) in [5, 5.41) is 10.4. The Morgan fingerprint density at radius 3 is 2.57 bits per heavy atom. The van der Waals surface area contributed by atoms with Gasteiger partial charge in [0.1, 0.15) is 28.4 Å². The van der Waals surface area contributed by atoms with Crippen molar-refractivity contribution in [2.45, 2.75) is 31.8 Å². The minimum atomic E-state index is -0.951. The quantitative estimate of drug-likeness (QED) is 0.281. The molecule has 10 nitrogen and oxygen atoms in total. The molecule has 0 bridgehead atoms. The van der Waals surface area contributed by atoms with Crippen molar-refractivity contribution in [3.8, 4) is 28.4 Å². The number of ether oxygens (including phenoxy) is 1. The SMILES string of the molecule is O=C(Nc1nc(-c2ccccc2)c2cccc(F)c2nc1=O)c1c(-c2ccc(NC3CC3)nc2F)nn2c1OCCC2.